The van der Waals surface area contributed by atoms with Crippen LogP contribution in [0.5, 0.6) is 0 Å². The van der Waals surface area contributed by atoms with Crippen molar-refractivity contribution in [2.45, 2.75) is 19.9 Å². The molecule has 0 fully saturated rings. The van der Waals surface area contributed by atoms with Crippen molar-refractivity contribution >= 4 is 38.8 Å². The summed E-state index contributed by atoms with van der Waals surface area (Å²) in [5.41, 5.74) is 6.30. The first-order valence-corrected chi connectivity index (χ1v) is 7.02. The van der Waals surface area contributed by atoms with E-state index < -0.39 is 0 Å². The molecule has 0 saturated heterocycles. The van der Waals surface area contributed by atoms with Crippen LogP contribution in [0.25, 0.3) is 0 Å². The molecule has 0 aliphatic rings. The van der Waals surface area contributed by atoms with E-state index in [-0.39, 0.29) is 0 Å². The lowest BCUT2D eigenvalue weighted by molar-refractivity contribution is 1.13. The summed E-state index contributed by atoms with van der Waals surface area (Å²) < 4.78 is 0.893. The Kier molecular flexibility index (Phi) is 4.02. The molecular weight excluding hydrogens is 298 g/mol. The topological polar surface area (TPSA) is 50.9 Å². The molecule has 0 saturated carbocycles. The molecule has 0 aromatic carbocycles. The number of nitrogens with two attached hydrogens (primary N) is 1. The van der Waals surface area contributed by atoms with Crippen LogP contribution in [0.2, 0.25) is 0 Å². The molecule has 2 aromatic heterocycles. The zero-order valence-corrected chi connectivity index (χ0v) is 11.9. The third kappa shape index (κ3) is 3.20. The number of thiophene rings is 1. The number of aromatic nitrogens is 1. The minimum atomic E-state index is 0.659. The summed E-state index contributed by atoms with van der Waals surface area (Å²) in [6, 6.07) is 6.18. The van der Waals surface area contributed by atoms with Gasteiger partial charge in [0, 0.05) is 9.75 Å². The van der Waals surface area contributed by atoms with Crippen molar-refractivity contribution in [2.75, 3.05) is 11.1 Å². The molecule has 0 atom stereocenters. The lowest BCUT2D eigenvalue weighted by atomic mass is 10.3. The highest BCUT2D eigenvalue weighted by Gasteiger charge is 2.03. The monoisotopic (exact) mass is 311 g/mol. The number of nitrogen functional groups attached to an aromatic ring is 1. The quantitative estimate of drug-likeness (QED) is 0.906. The average Bonchev–Trinajstić information content (AvgIpc) is 2.76. The highest BCUT2D eigenvalue weighted by Crippen LogP contribution is 2.23. The summed E-state index contributed by atoms with van der Waals surface area (Å²) in [5.74, 6) is 0.825. The molecular formula is C12H14BrN3S. The number of rotatable bonds is 4. The molecule has 0 bridgehead atoms. The summed E-state index contributed by atoms with van der Waals surface area (Å²) in [6.45, 7) is 2.96. The first kappa shape index (κ1) is 12.4. The molecule has 0 spiro atoms. The van der Waals surface area contributed by atoms with Gasteiger partial charge < -0.3 is 11.1 Å². The van der Waals surface area contributed by atoms with E-state index in [0.717, 1.165) is 23.3 Å². The normalized spacial score (nSPS) is 10.5. The molecule has 2 rings (SSSR count). The van der Waals surface area contributed by atoms with Crippen molar-refractivity contribution in [1.29, 1.82) is 0 Å². The molecule has 17 heavy (non-hydrogen) atoms. The van der Waals surface area contributed by atoms with Crippen molar-refractivity contribution < 1.29 is 0 Å². The van der Waals surface area contributed by atoms with Gasteiger partial charge in [-0.2, -0.15) is 0 Å². The standard InChI is InChI=1S/C12H14BrN3S/c1-2-9-3-4-10(17-9)7-16-12-11(13)5-8(14)6-15-12/h3-6H,2,7,14H2,1H3,(H,15,16). The molecule has 3 nitrogen and oxygen atoms in total. The van der Waals surface area contributed by atoms with E-state index in [1.54, 1.807) is 6.20 Å². The van der Waals surface area contributed by atoms with Gasteiger partial charge in [-0.1, -0.05) is 6.92 Å². The molecule has 0 radical (unpaired) electrons. The molecule has 90 valence electrons. The van der Waals surface area contributed by atoms with Gasteiger partial charge >= 0.3 is 0 Å². The first-order chi connectivity index (χ1) is 8.19. The maximum Gasteiger partial charge on any atom is 0.140 e. The van der Waals surface area contributed by atoms with Crippen molar-refractivity contribution in [2.24, 2.45) is 0 Å². The first-order valence-electron chi connectivity index (χ1n) is 5.41. The fraction of sp³-hybridized carbons (Fsp3) is 0.250. The van der Waals surface area contributed by atoms with E-state index in [1.807, 2.05) is 17.4 Å². The average molecular weight is 312 g/mol. The Hall–Kier alpha value is -1.07. The number of nitrogens with zero attached hydrogens (tertiary/aromatic N) is 1. The molecule has 0 unspecified atom stereocenters. The lowest BCUT2D eigenvalue weighted by Gasteiger charge is -2.06. The van der Waals surface area contributed by atoms with Gasteiger partial charge in [-0.3, -0.25) is 0 Å². The van der Waals surface area contributed by atoms with Crippen molar-refractivity contribution in [3.63, 3.8) is 0 Å². The predicted octanol–water partition coefficient (Wildman–Crippen LogP) is 3.66. The molecule has 0 amide bonds. The minimum Gasteiger partial charge on any atom is -0.397 e. The van der Waals surface area contributed by atoms with Crippen LogP contribution in [0.1, 0.15) is 16.7 Å². The SMILES string of the molecule is CCc1ccc(CNc2ncc(N)cc2Br)s1. The molecule has 2 heterocycles. The number of anilines is 2. The number of hydrogen-bond acceptors (Lipinski definition) is 4. The fourth-order valence-corrected chi connectivity index (χ4v) is 2.87. The number of halogens is 1. The van der Waals surface area contributed by atoms with E-state index in [0.29, 0.717) is 5.69 Å². The number of nitrogens with one attached hydrogen (secondary N) is 1. The zero-order chi connectivity index (χ0) is 12.3. The van der Waals surface area contributed by atoms with Crippen molar-refractivity contribution in [3.05, 3.63) is 38.6 Å². The molecule has 3 N–H and O–H groups in total. The summed E-state index contributed by atoms with van der Waals surface area (Å²) in [5, 5.41) is 3.29. The Morgan fingerprint density at radius 3 is 2.82 bits per heavy atom. The second-order valence-corrected chi connectivity index (χ2v) is 5.78. The third-order valence-corrected chi connectivity index (χ3v) is 4.19. The Labute approximate surface area is 113 Å². The van der Waals surface area contributed by atoms with Crippen LogP contribution in [0.4, 0.5) is 11.5 Å². The van der Waals surface area contributed by atoms with Crippen molar-refractivity contribution in [3.8, 4) is 0 Å². The van der Waals surface area contributed by atoms with E-state index in [2.05, 4.69) is 45.3 Å². The van der Waals surface area contributed by atoms with E-state index in [1.165, 1.54) is 9.75 Å². The molecule has 0 aliphatic carbocycles. The summed E-state index contributed by atoms with van der Waals surface area (Å²) >= 11 is 5.27. The van der Waals surface area contributed by atoms with Gasteiger partial charge in [0.2, 0.25) is 0 Å². The predicted molar refractivity (Wildman–Crippen MR) is 77.4 cm³/mol. The van der Waals surface area contributed by atoms with Gasteiger partial charge in [-0.05, 0) is 40.5 Å². The van der Waals surface area contributed by atoms with Crippen LogP contribution in [0, 0.1) is 0 Å². The summed E-state index contributed by atoms with van der Waals surface area (Å²) in [7, 11) is 0. The smallest absolute Gasteiger partial charge is 0.140 e. The summed E-state index contributed by atoms with van der Waals surface area (Å²) in [6.07, 6.45) is 2.74. The molecule has 0 aliphatic heterocycles. The highest BCUT2D eigenvalue weighted by atomic mass is 79.9. The number of aryl methyl sites for hydroxylation is 1. The van der Waals surface area contributed by atoms with Crippen LogP contribution in [0.15, 0.2) is 28.9 Å². The highest BCUT2D eigenvalue weighted by molar-refractivity contribution is 9.10. The van der Waals surface area contributed by atoms with Gasteiger partial charge in [-0.25, -0.2) is 4.98 Å². The fourth-order valence-electron chi connectivity index (χ4n) is 1.46. The van der Waals surface area contributed by atoms with E-state index in [4.69, 9.17) is 5.73 Å². The van der Waals surface area contributed by atoms with Gasteiger partial charge in [0.1, 0.15) is 5.82 Å². The lowest BCUT2D eigenvalue weighted by Crippen LogP contribution is -2.01. The largest absolute Gasteiger partial charge is 0.397 e. The minimum absolute atomic E-state index is 0.659. The second kappa shape index (κ2) is 5.51. The van der Waals surface area contributed by atoms with Gasteiger partial charge in [0.25, 0.3) is 0 Å². The Morgan fingerprint density at radius 2 is 2.18 bits per heavy atom. The van der Waals surface area contributed by atoms with Gasteiger partial charge in [0.15, 0.2) is 0 Å². The maximum absolute atomic E-state index is 5.64. The third-order valence-electron chi connectivity index (χ3n) is 2.36. The maximum atomic E-state index is 5.64. The van der Waals surface area contributed by atoms with Crippen LogP contribution in [-0.4, -0.2) is 4.98 Å². The van der Waals surface area contributed by atoms with E-state index >= 15 is 0 Å². The van der Waals surface area contributed by atoms with Gasteiger partial charge in [-0.15, -0.1) is 11.3 Å². The van der Waals surface area contributed by atoms with Gasteiger partial charge in [0.05, 0.1) is 22.9 Å². The van der Waals surface area contributed by atoms with Crippen LogP contribution in [-0.2, 0) is 13.0 Å². The van der Waals surface area contributed by atoms with Crippen molar-refractivity contribution in [1.82, 2.24) is 4.98 Å². The number of pyridine rings is 1. The van der Waals surface area contributed by atoms with Crippen LogP contribution in [0.3, 0.4) is 0 Å². The Bertz CT molecular complexity index is 510. The summed E-state index contributed by atoms with van der Waals surface area (Å²) in [4.78, 5) is 6.96. The van der Waals surface area contributed by atoms with Crippen LogP contribution >= 0.6 is 27.3 Å². The number of hydrogen-bond donors (Lipinski definition) is 2. The Balaban J connectivity index is 2.02. The second-order valence-electron chi connectivity index (χ2n) is 3.67. The molecule has 5 heteroatoms. The van der Waals surface area contributed by atoms with E-state index in [9.17, 15) is 0 Å². The van der Waals surface area contributed by atoms with Crippen LogP contribution < -0.4 is 11.1 Å². The zero-order valence-electron chi connectivity index (χ0n) is 9.53. The Morgan fingerprint density at radius 1 is 1.41 bits per heavy atom. The molecule has 2 aromatic rings.